The van der Waals surface area contributed by atoms with Crippen LogP contribution in [0.2, 0.25) is 0 Å². The van der Waals surface area contributed by atoms with Crippen LogP contribution in [-0.4, -0.2) is 15.6 Å². The average Bonchev–Trinajstić information content (AvgIpc) is 2.78. The van der Waals surface area contributed by atoms with Gasteiger partial charge in [-0.15, -0.1) is 0 Å². The minimum Gasteiger partial charge on any atom is -0.329 e. The van der Waals surface area contributed by atoms with Gasteiger partial charge >= 0.3 is 0 Å². The zero-order valence-electron chi connectivity index (χ0n) is 11.1. The maximum Gasteiger partial charge on any atom is 0.172 e. The molecule has 0 spiro atoms. The largest absolute Gasteiger partial charge is 0.329 e. The highest BCUT2D eigenvalue weighted by Gasteiger charge is 2.11. The Morgan fingerprint density at radius 3 is 2.89 bits per heavy atom. The summed E-state index contributed by atoms with van der Waals surface area (Å²) >= 11 is 1.54. The fourth-order valence-corrected chi connectivity index (χ4v) is 2.71. The van der Waals surface area contributed by atoms with E-state index < -0.39 is 0 Å². The van der Waals surface area contributed by atoms with Gasteiger partial charge in [0.15, 0.2) is 5.16 Å². The molecule has 0 fully saturated rings. The monoisotopic (exact) mass is 279 g/mol. The van der Waals surface area contributed by atoms with Crippen molar-refractivity contribution in [3.63, 3.8) is 0 Å². The van der Waals surface area contributed by atoms with Crippen molar-refractivity contribution in [2.24, 2.45) is 12.8 Å². The van der Waals surface area contributed by atoms with Crippen molar-refractivity contribution in [3.8, 4) is 0 Å². The first-order valence-electron chi connectivity index (χ1n) is 6.29. The summed E-state index contributed by atoms with van der Waals surface area (Å²) < 4.78 is 15.3. The predicted molar refractivity (Wildman–Crippen MR) is 75.7 cm³/mol. The highest BCUT2D eigenvalue weighted by molar-refractivity contribution is 7.99. The average molecular weight is 279 g/mol. The number of aryl methyl sites for hydroxylation is 1. The second-order valence-electron chi connectivity index (χ2n) is 4.55. The number of halogens is 1. The van der Waals surface area contributed by atoms with Gasteiger partial charge in [-0.05, 0) is 36.6 Å². The van der Waals surface area contributed by atoms with Gasteiger partial charge in [-0.2, -0.15) is 0 Å². The topological polar surface area (TPSA) is 43.8 Å². The number of rotatable bonds is 5. The Kier molecular flexibility index (Phi) is 4.61. The van der Waals surface area contributed by atoms with Crippen molar-refractivity contribution in [2.45, 2.75) is 35.9 Å². The maximum atomic E-state index is 13.4. The molecular weight excluding hydrogens is 261 g/mol. The lowest BCUT2D eigenvalue weighted by atomic mass is 10.0. The number of hydrogen-bond donors (Lipinski definition) is 1. The molecule has 1 heterocycles. The smallest absolute Gasteiger partial charge is 0.172 e. The molecule has 0 aliphatic carbocycles. The summed E-state index contributed by atoms with van der Waals surface area (Å²) in [6.45, 7) is 2.04. The second kappa shape index (κ2) is 6.21. The number of benzene rings is 1. The van der Waals surface area contributed by atoms with Crippen LogP contribution in [0, 0.1) is 5.82 Å². The van der Waals surface area contributed by atoms with Crippen LogP contribution in [0.1, 0.15) is 18.9 Å². The summed E-state index contributed by atoms with van der Waals surface area (Å²) in [5, 5.41) is 0.887. The number of imidazole rings is 1. The molecule has 0 bridgehead atoms. The van der Waals surface area contributed by atoms with E-state index in [1.165, 1.54) is 17.8 Å². The van der Waals surface area contributed by atoms with E-state index in [2.05, 4.69) is 4.98 Å². The standard InChI is InChI=1S/C14H18FN3S/c1-3-12(16)9-10-8-11(15)4-5-13(10)19-14-17-6-7-18(14)2/h4-8,12H,3,9,16H2,1-2H3. The molecular formula is C14H18FN3S. The number of nitrogens with zero attached hydrogens (tertiary/aromatic N) is 2. The maximum absolute atomic E-state index is 13.4. The fraction of sp³-hybridized carbons (Fsp3) is 0.357. The van der Waals surface area contributed by atoms with Gasteiger partial charge in [0, 0.05) is 30.4 Å². The molecule has 2 rings (SSSR count). The van der Waals surface area contributed by atoms with Gasteiger partial charge in [0.25, 0.3) is 0 Å². The van der Waals surface area contributed by atoms with Gasteiger partial charge in [-0.25, -0.2) is 9.37 Å². The summed E-state index contributed by atoms with van der Waals surface area (Å²) in [5.41, 5.74) is 6.92. The molecule has 1 aromatic carbocycles. The van der Waals surface area contributed by atoms with Crippen molar-refractivity contribution in [1.82, 2.24) is 9.55 Å². The van der Waals surface area contributed by atoms with Gasteiger partial charge in [0.1, 0.15) is 5.82 Å². The first-order valence-corrected chi connectivity index (χ1v) is 7.11. The third-order valence-corrected chi connectivity index (χ3v) is 4.20. The third-order valence-electron chi connectivity index (χ3n) is 3.01. The number of nitrogens with two attached hydrogens (primary N) is 1. The molecule has 102 valence electrons. The molecule has 0 aliphatic rings. The van der Waals surface area contributed by atoms with Crippen molar-refractivity contribution in [3.05, 3.63) is 42.0 Å². The molecule has 0 amide bonds. The Morgan fingerprint density at radius 1 is 1.47 bits per heavy atom. The van der Waals surface area contributed by atoms with E-state index in [9.17, 15) is 4.39 Å². The molecule has 5 heteroatoms. The number of hydrogen-bond acceptors (Lipinski definition) is 3. The van der Waals surface area contributed by atoms with Crippen LogP contribution in [0.15, 0.2) is 40.6 Å². The van der Waals surface area contributed by atoms with Gasteiger partial charge in [0.05, 0.1) is 0 Å². The molecule has 3 nitrogen and oxygen atoms in total. The first-order chi connectivity index (χ1) is 9.10. The van der Waals surface area contributed by atoms with E-state index in [0.29, 0.717) is 6.42 Å². The minimum absolute atomic E-state index is 0.0579. The van der Waals surface area contributed by atoms with Crippen LogP contribution in [0.5, 0.6) is 0 Å². The Labute approximate surface area is 117 Å². The summed E-state index contributed by atoms with van der Waals surface area (Å²) in [6, 6.07) is 4.90. The van der Waals surface area contributed by atoms with Gasteiger partial charge in [-0.3, -0.25) is 0 Å². The molecule has 1 aromatic heterocycles. The van der Waals surface area contributed by atoms with Crippen molar-refractivity contribution in [1.29, 1.82) is 0 Å². The molecule has 1 atom stereocenters. The molecule has 2 N–H and O–H groups in total. The Bertz CT molecular complexity index is 553. The van der Waals surface area contributed by atoms with Gasteiger partial charge < -0.3 is 10.3 Å². The van der Waals surface area contributed by atoms with Crippen molar-refractivity contribution in [2.75, 3.05) is 0 Å². The zero-order chi connectivity index (χ0) is 13.8. The molecule has 19 heavy (non-hydrogen) atoms. The second-order valence-corrected chi connectivity index (χ2v) is 5.56. The van der Waals surface area contributed by atoms with Crippen LogP contribution >= 0.6 is 11.8 Å². The Hall–Kier alpha value is -1.33. The van der Waals surface area contributed by atoms with Crippen molar-refractivity contribution >= 4 is 11.8 Å². The van der Waals surface area contributed by atoms with E-state index >= 15 is 0 Å². The number of aromatic nitrogens is 2. The lowest BCUT2D eigenvalue weighted by molar-refractivity contribution is 0.609. The normalized spacial score (nSPS) is 12.6. The lowest BCUT2D eigenvalue weighted by Crippen LogP contribution is -2.21. The van der Waals surface area contributed by atoms with Gasteiger partial charge in [-0.1, -0.05) is 18.7 Å². The van der Waals surface area contributed by atoms with E-state index in [-0.39, 0.29) is 11.9 Å². The molecule has 0 saturated heterocycles. The van der Waals surface area contributed by atoms with Crippen LogP contribution in [0.3, 0.4) is 0 Å². The molecule has 2 aromatic rings. The van der Waals surface area contributed by atoms with Crippen LogP contribution in [0.25, 0.3) is 0 Å². The van der Waals surface area contributed by atoms with Crippen molar-refractivity contribution < 1.29 is 4.39 Å². The highest BCUT2D eigenvalue weighted by Crippen LogP contribution is 2.30. The van der Waals surface area contributed by atoms with Crippen LogP contribution in [0.4, 0.5) is 4.39 Å². The lowest BCUT2D eigenvalue weighted by Gasteiger charge is -2.13. The molecule has 1 unspecified atom stereocenters. The molecule has 0 aliphatic heterocycles. The predicted octanol–water partition coefficient (Wildman–Crippen LogP) is 2.99. The summed E-state index contributed by atoms with van der Waals surface area (Å²) in [6.07, 6.45) is 5.21. The summed E-state index contributed by atoms with van der Waals surface area (Å²) in [5.74, 6) is -0.220. The molecule has 0 saturated carbocycles. The van der Waals surface area contributed by atoms with Crippen LogP contribution < -0.4 is 5.73 Å². The first kappa shape index (κ1) is 14.1. The zero-order valence-corrected chi connectivity index (χ0v) is 12.0. The Balaban J connectivity index is 2.26. The molecule has 0 radical (unpaired) electrons. The van der Waals surface area contributed by atoms with Gasteiger partial charge in [0.2, 0.25) is 0 Å². The van der Waals surface area contributed by atoms with E-state index in [1.54, 1.807) is 18.3 Å². The minimum atomic E-state index is -0.220. The SMILES string of the molecule is CCC(N)Cc1cc(F)ccc1Sc1nccn1C. The summed E-state index contributed by atoms with van der Waals surface area (Å²) in [4.78, 5) is 5.29. The van der Waals surface area contributed by atoms with E-state index in [0.717, 1.165) is 22.0 Å². The van der Waals surface area contributed by atoms with Crippen LogP contribution in [-0.2, 0) is 13.5 Å². The quantitative estimate of drug-likeness (QED) is 0.915. The highest BCUT2D eigenvalue weighted by atomic mass is 32.2. The Morgan fingerprint density at radius 2 is 2.26 bits per heavy atom. The van der Waals surface area contributed by atoms with E-state index in [4.69, 9.17) is 5.73 Å². The fourth-order valence-electron chi connectivity index (χ4n) is 1.78. The van der Waals surface area contributed by atoms with E-state index in [1.807, 2.05) is 24.7 Å². The summed E-state index contributed by atoms with van der Waals surface area (Å²) in [7, 11) is 1.94. The third kappa shape index (κ3) is 3.58.